The van der Waals surface area contributed by atoms with E-state index in [1.807, 2.05) is 6.92 Å². The number of halogens is 1. The first-order valence-electron chi connectivity index (χ1n) is 6.99. The summed E-state index contributed by atoms with van der Waals surface area (Å²) in [5.74, 6) is 0. The molecule has 0 saturated carbocycles. The Hall–Kier alpha value is -0.580. The fraction of sp³-hybridized carbons (Fsp3) is 0.786. The van der Waals surface area contributed by atoms with Crippen molar-refractivity contribution in [1.82, 2.24) is 15.1 Å². The Balaban J connectivity index is 0.00000324. The molecule has 5 heteroatoms. The lowest BCUT2D eigenvalue weighted by atomic mass is 10.3. The summed E-state index contributed by atoms with van der Waals surface area (Å²) in [5, 5.41) is 7.94. The second kappa shape index (κ2) is 10.2. The normalized spacial score (nSPS) is 10.8. The van der Waals surface area contributed by atoms with E-state index in [2.05, 4.69) is 41.9 Å². The molecular formula is C14H28ClN3O. The molecule has 0 aromatic carbocycles. The largest absolute Gasteiger partial charge is 0.379 e. The first-order valence-corrected chi connectivity index (χ1v) is 6.99. The van der Waals surface area contributed by atoms with Gasteiger partial charge in [0.1, 0.15) is 0 Å². The zero-order chi connectivity index (χ0) is 13.4. The Morgan fingerprint density at radius 2 is 2.16 bits per heavy atom. The molecule has 19 heavy (non-hydrogen) atoms. The molecule has 1 N–H and O–H groups in total. The van der Waals surface area contributed by atoms with Crippen LogP contribution in [0.2, 0.25) is 0 Å². The molecule has 0 aliphatic rings. The van der Waals surface area contributed by atoms with Crippen molar-refractivity contribution in [3.8, 4) is 0 Å². The average molecular weight is 290 g/mol. The van der Waals surface area contributed by atoms with Gasteiger partial charge in [-0.05, 0) is 46.2 Å². The highest BCUT2D eigenvalue weighted by Gasteiger charge is 2.03. The molecule has 0 spiro atoms. The molecule has 0 unspecified atom stereocenters. The highest BCUT2D eigenvalue weighted by molar-refractivity contribution is 5.85. The maximum Gasteiger partial charge on any atom is 0.0597 e. The molecule has 1 heterocycles. The zero-order valence-electron chi connectivity index (χ0n) is 12.6. The fourth-order valence-electron chi connectivity index (χ4n) is 1.88. The van der Waals surface area contributed by atoms with E-state index in [0.717, 1.165) is 44.8 Å². The number of aryl methyl sites for hydroxylation is 2. The third-order valence-electron chi connectivity index (χ3n) is 2.68. The number of hydrogen-bond donors (Lipinski definition) is 1. The topological polar surface area (TPSA) is 39.1 Å². The van der Waals surface area contributed by atoms with Crippen molar-refractivity contribution in [3.63, 3.8) is 0 Å². The van der Waals surface area contributed by atoms with Gasteiger partial charge in [0, 0.05) is 19.7 Å². The van der Waals surface area contributed by atoms with Crippen molar-refractivity contribution in [1.29, 1.82) is 0 Å². The predicted molar refractivity (Wildman–Crippen MR) is 81.9 cm³/mol. The van der Waals surface area contributed by atoms with Gasteiger partial charge in [0.15, 0.2) is 0 Å². The average Bonchev–Trinajstić information content (AvgIpc) is 2.64. The molecule has 0 bridgehead atoms. The Morgan fingerprint density at radius 1 is 1.42 bits per heavy atom. The third kappa shape index (κ3) is 7.55. The highest BCUT2D eigenvalue weighted by Crippen LogP contribution is 2.04. The van der Waals surface area contributed by atoms with E-state index in [0.29, 0.717) is 6.10 Å². The van der Waals surface area contributed by atoms with Gasteiger partial charge in [0.2, 0.25) is 0 Å². The van der Waals surface area contributed by atoms with Gasteiger partial charge in [0.25, 0.3) is 0 Å². The Kier molecular flexibility index (Phi) is 9.92. The van der Waals surface area contributed by atoms with Crippen LogP contribution in [0.1, 0.15) is 45.0 Å². The minimum absolute atomic E-state index is 0. The minimum atomic E-state index is 0. The summed E-state index contributed by atoms with van der Waals surface area (Å²) in [6.07, 6.45) is 2.51. The summed E-state index contributed by atoms with van der Waals surface area (Å²) in [4.78, 5) is 0. The second-order valence-electron chi connectivity index (χ2n) is 4.95. The van der Waals surface area contributed by atoms with Crippen LogP contribution in [0.15, 0.2) is 6.07 Å². The summed E-state index contributed by atoms with van der Waals surface area (Å²) in [7, 11) is 0. The van der Waals surface area contributed by atoms with Crippen LogP contribution in [0.5, 0.6) is 0 Å². The molecule has 1 aromatic rings. The van der Waals surface area contributed by atoms with E-state index in [1.165, 1.54) is 5.69 Å². The van der Waals surface area contributed by atoms with Crippen LogP contribution in [0.3, 0.4) is 0 Å². The molecular weight excluding hydrogens is 262 g/mol. The number of aromatic nitrogens is 2. The molecule has 112 valence electrons. The quantitative estimate of drug-likeness (QED) is 0.711. The standard InChI is InChI=1S/C14H27N3O.ClH/c1-5-8-17-14(10-13(4)16-17)11-15-7-6-9-18-12(2)3;/h10,12,15H,5-9,11H2,1-4H3;1H. The highest BCUT2D eigenvalue weighted by atomic mass is 35.5. The lowest BCUT2D eigenvalue weighted by Gasteiger charge is -2.09. The van der Waals surface area contributed by atoms with E-state index < -0.39 is 0 Å². The van der Waals surface area contributed by atoms with E-state index in [-0.39, 0.29) is 12.4 Å². The van der Waals surface area contributed by atoms with Gasteiger partial charge in [0.05, 0.1) is 17.5 Å². The molecule has 0 fully saturated rings. The van der Waals surface area contributed by atoms with E-state index in [4.69, 9.17) is 4.74 Å². The van der Waals surface area contributed by atoms with E-state index >= 15 is 0 Å². The van der Waals surface area contributed by atoms with Crippen molar-refractivity contribution in [3.05, 3.63) is 17.5 Å². The van der Waals surface area contributed by atoms with Crippen LogP contribution >= 0.6 is 12.4 Å². The van der Waals surface area contributed by atoms with E-state index in [1.54, 1.807) is 0 Å². The summed E-state index contributed by atoms with van der Waals surface area (Å²) in [5.41, 5.74) is 2.38. The monoisotopic (exact) mass is 289 g/mol. The maximum atomic E-state index is 5.50. The van der Waals surface area contributed by atoms with Crippen LogP contribution < -0.4 is 5.32 Å². The molecule has 0 amide bonds. The van der Waals surface area contributed by atoms with Crippen LogP contribution in [-0.4, -0.2) is 29.0 Å². The molecule has 0 atom stereocenters. The SMILES string of the molecule is CCCn1nc(C)cc1CNCCCOC(C)C.Cl. The fourth-order valence-corrected chi connectivity index (χ4v) is 1.88. The van der Waals surface area contributed by atoms with Crippen molar-refractivity contribution in [2.24, 2.45) is 0 Å². The maximum absolute atomic E-state index is 5.50. The molecule has 0 saturated heterocycles. The molecule has 1 aromatic heterocycles. The predicted octanol–water partition coefficient (Wildman–Crippen LogP) is 2.93. The van der Waals surface area contributed by atoms with Gasteiger partial charge in [-0.15, -0.1) is 12.4 Å². The van der Waals surface area contributed by atoms with Gasteiger partial charge < -0.3 is 10.1 Å². The third-order valence-corrected chi connectivity index (χ3v) is 2.68. The van der Waals surface area contributed by atoms with Crippen molar-refractivity contribution in [2.45, 2.75) is 59.7 Å². The zero-order valence-corrected chi connectivity index (χ0v) is 13.4. The van der Waals surface area contributed by atoms with Crippen LogP contribution in [0, 0.1) is 6.92 Å². The van der Waals surface area contributed by atoms with Crippen molar-refractivity contribution in [2.75, 3.05) is 13.2 Å². The number of rotatable bonds is 9. The summed E-state index contributed by atoms with van der Waals surface area (Å²) < 4.78 is 7.61. The van der Waals surface area contributed by atoms with Crippen molar-refractivity contribution < 1.29 is 4.74 Å². The van der Waals surface area contributed by atoms with E-state index in [9.17, 15) is 0 Å². The molecule has 4 nitrogen and oxygen atoms in total. The van der Waals surface area contributed by atoms with Gasteiger partial charge in [-0.1, -0.05) is 6.92 Å². The smallest absolute Gasteiger partial charge is 0.0597 e. The molecule has 0 aliphatic heterocycles. The first-order chi connectivity index (χ1) is 8.63. The summed E-state index contributed by atoms with van der Waals surface area (Å²) in [6.45, 7) is 12.1. The Bertz CT molecular complexity index is 339. The van der Waals surface area contributed by atoms with Gasteiger partial charge in [-0.2, -0.15) is 5.10 Å². The lowest BCUT2D eigenvalue weighted by Crippen LogP contribution is -2.19. The minimum Gasteiger partial charge on any atom is -0.379 e. The molecule has 1 rings (SSSR count). The molecule has 0 aliphatic carbocycles. The van der Waals surface area contributed by atoms with Gasteiger partial charge in [-0.25, -0.2) is 0 Å². The van der Waals surface area contributed by atoms with Crippen molar-refractivity contribution >= 4 is 12.4 Å². The summed E-state index contributed by atoms with van der Waals surface area (Å²) >= 11 is 0. The van der Waals surface area contributed by atoms with Gasteiger partial charge in [-0.3, -0.25) is 4.68 Å². The van der Waals surface area contributed by atoms with Crippen LogP contribution in [0.4, 0.5) is 0 Å². The first kappa shape index (κ1) is 18.4. The molecule has 0 radical (unpaired) electrons. The Labute approximate surface area is 123 Å². The van der Waals surface area contributed by atoms with Crippen LogP contribution in [0.25, 0.3) is 0 Å². The number of nitrogens with zero attached hydrogens (tertiary/aromatic N) is 2. The number of hydrogen-bond acceptors (Lipinski definition) is 3. The van der Waals surface area contributed by atoms with Crippen LogP contribution in [-0.2, 0) is 17.8 Å². The van der Waals surface area contributed by atoms with Gasteiger partial charge >= 0.3 is 0 Å². The lowest BCUT2D eigenvalue weighted by molar-refractivity contribution is 0.0770. The number of nitrogens with one attached hydrogen (secondary N) is 1. The second-order valence-corrected chi connectivity index (χ2v) is 4.95. The summed E-state index contributed by atoms with van der Waals surface area (Å²) in [6, 6.07) is 2.16. The Morgan fingerprint density at radius 3 is 2.79 bits per heavy atom. The number of ether oxygens (including phenoxy) is 1.